The first-order valence-electron chi connectivity index (χ1n) is 14.9. The van der Waals surface area contributed by atoms with Crippen LogP contribution in [0.5, 0.6) is 5.75 Å². The number of pyridine rings is 2. The number of aromatic nitrogens is 2. The van der Waals surface area contributed by atoms with Crippen LogP contribution < -0.4 is 15.4 Å². The van der Waals surface area contributed by atoms with E-state index < -0.39 is 40.7 Å². The first kappa shape index (κ1) is 32.5. The van der Waals surface area contributed by atoms with Crippen LogP contribution in [-0.4, -0.2) is 63.6 Å². The number of halogens is 4. The Balaban J connectivity index is 1.80. The molecular formula is C34H31Cl2F2N5O4. The van der Waals surface area contributed by atoms with Gasteiger partial charge in [-0.15, -0.1) is 0 Å². The van der Waals surface area contributed by atoms with E-state index in [1.807, 2.05) is 13.8 Å². The van der Waals surface area contributed by atoms with Crippen LogP contribution in [0.4, 0.5) is 20.2 Å². The number of phenols is 1. The smallest absolute Gasteiger partial charge is 0.281 e. The van der Waals surface area contributed by atoms with E-state index >= 15 is 8.78 Å². The van der Waals surface area contributed by atoms with E-state index in [1.54, 1.807) is 31.0 Å². The SMILES string of the molecule is C=CC(=O)N1CC2C(=O)N(C)c3c(c4cc(F)c(-c5cc(O)cc(Cl)c5Cl)c(F)c4n(-c4c(C)ccnc4C(C)C)c3=O)N2CC1C. The van der Waals surface area contributed by atoms with Crippen LogP contribution in [0.3, 0.4) is 0 Å². The minimum atomic E-state index is -1.13. The highest BCUT2D eigenvalue weighted by atomic mass is 35.5. The van der Waals surface area contributed by atoms with Gasteiger partial charge in [0.05, 0.1) is 44.7 Å². The molecule has 1 fully saturated rings. The number of carbonyl (C=O) groups excluding carboxylic acids is 2. The average molecular weight is 683 g/mol. The molecule has 2 aliphatic heterocycles. The van der Waals surface area contributed by atoms with Crippen molar-refractivity contribution in [1.82, 2.24) is 14.5 Å². The van der Waals surface area contributed by atoms with Gasteiger partial charge in [-0.05, 0) is 49.6 Å². The van der Waals surface area contributed by atoms with Gasteiger partial charge in [0.25, 0.3) is 11.5 Å². The maximum Gasteiger partial charge on any atom is 0.281 e. The maximum absolute atomic E-state index is 17.3. The van der Waals surface area contributed by atoms with Gasteiger partial charge in [0, 0.05) is 42.8 Å². The van der Waals surface area contributed by atoms with Crippen molar-refractivity contribution >= 4 is 57.3 Å². The first-order valence-corrected chi connectivity index (χ1v) is 15.7. The number of anilines is 2. The third-order valence-electron chi connectivity index (χ3n) is 8.94. The molecule has 0 bridgehead atoms. The number of aryl methyl sites for hydroxylation is 1. The number of hydrogen-bond acceptors (Lipinski definition) is 6. The first-order chi connectivity index (χ1) is 22.2. The van der Waals surface area contributed by atoms with E-state index in [4.69, 9.17) is 23.2 Å². The fraction of sp³-hybridized carbons (Fsp3) is 0.294. The molecule has 13 heteroatoms. The molecule has 2 unspecified atom stereocenters. The fourth-order valence-electron chi connectivity index (χ4n) is 6.73. The van der Waals surface area contributed by atoms with Crippen molar-refractivity contribution in [3.05, 3.63) is 86.4 Å². The Morgan fingerprint density at radius 2 is 1.83 bits per heavy atom. The summed E-state index contributed by atoms with van der Waals surface area (Å²) in [6.07, 6.45) is 2.75. The number of hydrogen-bond donors (Lipinski definition) is 1. The Labute approximate surface area is 279 Å². The normalized spacial score (nSPS) is 17.7. The number of benzene rings is 2. The topological polar surface area (TPSA) is 99.0 Å². The molecule has 9 nitrogen and oxygen atoms in total. The molecule has 2 amide bonds. The predicted octanol–water partition coefficient (Wildman–Crippen LogP) is 6.34. The largest absolute Gasteiger partial charge is 0.508 e. The molecule has 244 valence electrons. The number of piperazine rings is 1. The molecular weight excluding hydrogens is 651 g/mol. The van der Waals surface area contributed by atoms with Crippen molar-refractivity contribution in [3.63, 3.8) is 0 Å². The molecule has 2 aromatic carbocycles. The van der Waals surface area contributed by atoms with Crippen molar-refractivity contribution in [2.45, 2.75) is 45.7 Å². The van der Waals surface area contributed by atoms with Crippen LogP contribution >= 0.6 is 23.2 Å². The van der Waals surface area contributed by atoms with E-state index in [2.05, 4.69) is 11.6 Å². The monoisotopic (exact) mass is 681 g/mol. The van der Waals surface area contributed by atoms with Crippen LogP contribution in [-0.2, 0) is 9.59 Å². The van der Waals surface area contributed by atoms with Crippen molar-refractivity contribution in [2.24, 2.45) is 0 Å². The average Bonchev–Trinajstić information content (AvgIpc) is 3.01. The second kappa shape index (κ2) is 11.6. The summed E-state index contributed by atoms with van der Waals surface area (Å²) in [5, 5.41) is 9.99. The molecule has 0 saturated carbocycles. The molecule has 2 aliphatic rings. The van der Waals surface area contributed by atoms with Crippen LogP contribution in [0.1, 0.15) is 37.9 Å². The Hall–Kier alpha value is -4.48. The number of carbonyl (C=O) groups is 2. The van der Waals surface area contributed by atoms with Gasteiger partial charge in [-0.2, -0.15) is 0 Å². The lowest BCUT2D eigenvalue weighted by Crippen LogP contribution is -2.66. The standard InChI is InChI=1S/C34H31Cl2F2N5O4/c1-7-24(45)41-14-23-33(46)40(6)32-31(42(23)13-17(41)5)20-12-22(37)25(19-10-18(44)11-21(35)26(19)36)27(38)30(20)43(34(32)47)29-16(4)8-9-39-28(29)15(2)3/h7-12,15,17,23,44H,1,13-14H2,2-6H3. The number of nitrogens with zero attached hydrogens (tertiary/aromatic N) is 5. The van der Waals surface area contributed by atoms with Gasteiger partial charge < -0.3 is 19.8 Å². The summed E-state index contributed by atoms with van der Waals surface area (Å²) in [4.78, 5) is 50.3. The van der Waals surface area contributed by atoms with Gasteiger partial charge in [0.1, 0.15) is 23.3 Å². The number of aromatic hydroxyl groups is 1. The van der Waals surface area contributed by atoms with Crippen LogP contribution in [0.25, 0.3) is 27.7 Å². The summed E-state index contributed by atoms with van der Waals surface area (Å²) in [5.74, 6) is -3.58. The van der Waals surface area contributed by atoms with Crippen molar-refractivity contribution < 1.29 is 23.5 Å². The minimum absolute atomic E-state index is 0.0127. The van der Waals surface area contributed by atoms with Crippen LogP contribution in [0, 0.1) is 18.6 Å². The highest BCUT2D eigenvalue weighted by molar-refractivity contribution is 6.44. The second-order valence-corrected chi connectivity index (χ2v) is 13.0. The van der Waals surface area contributed by atoms with Gasteiger partial charge in [0.15, 0.2) is 5.82 Å². The fourth-order valence-corrected chi connectivity index (χ4v) is 7.15. The highest BCUT2D eigenvalue weighted by Crippen LogP contribution is 2.47. The molecule has 2 atom stereocenters. The zero-order chi connectivity index (χ0) is 34.2. The Morgan fingerprint density at radius 1 is 1.13 bits per heavy atom. The van der Waals surface area contributed by atoms with E-state index in [1.165, 1.54) is 22.9 Å². The third-order valence-corrected chi connectivity index (χ3v) is 9.75. The summed E-state index contributed by atoms with van der Waals surface area (Å²) >= 11 is 12.6. The zero-order valence-electron chi connectivity index (χ0n) is 26.2. The van der Waals surface area contributed by atoms with Crippen LogP contribution in [0.15, 0.2) is 47.9 Å². The summed E-state index contributed by atoms with van der Waals surface area (Å²) in [6.45, 7) is 10.9. The summed E-state index contributed by atoms with van der Waals surface area (Å²) in [5.41, 5.74) is -0.394. The van der Waals surface area contributed by atoms with Gasteiger partial charge in [-0.1, -0.05) is 43.6 Å². The van der Waals surface area contributed by atoms with Gasteiger partial charge in [0.2, 0.25) is 5.91 Å². The number of likely N-dealkylation sites (N-methyl/N-ethyl adjacent to an activating group) is 1. The molecule has 1 saturated heterocycles. The van der Waals surface area contributed by atoms with Gasteiger partial charge >= 0.3 is 0 Å². The van der Waals surface area contributed by atoms with Gasteiger partial charge in [-0.3, -0.25) is 23.9 Å². The Kier molecular flexibility index (Phi) is 8.04. The molecule has 6 rings (SSSR count). The lowest BCUT2D eigenvalue weighted by Gasteiger charge is -2.50. The Morgan fingerprint density at radius 3 is 2.49 bits per heavy atom. The van der Waals surface area contributed by atoms with Crippen LogP contribution in [0.2, 0.25) is 10.0 Å². The second-order valence-electron chi connectivity index (χ2n) is 12.2. The lowest BCUT2D eigenvalue weighted by molar-refractivity contribution is -0.130. The summed E-state index contributed by atoms with van der Waals surface area (Å²) in [7, 11) is 1.43. The van der Waals surface area contributed by atoms with Crippen molar-refractivity contribution in [2.75, 3.05) is 29.9 Å². The molecule has 47 heavy (non-hydrogen) atoms. The number of rotatable bonds is 4. The molecule has 0 spiro atoms. The number of phenolic OH excluding ortho intramolecular Hbond substituents is 1. The van der Waals surface area contributed by atoms with E-state index in [9.17, 15) is 19.5 Å². The quantitative estimate of drug-likeness (QED) is 0.252. The molecule has 2 aromatic heterocycles. The molecule has 1 N–H and O–H groups in total. The number of amides is 2. The molecule has 0 radical (unpaired) electrons. The maximum atomic E-state index is 17.3. The Bertz CT molecular complexity index is 2100. The lowest BCUT2D eigenvalue weighted by atomic mass is 9.95. The van der Waals surface area contributed by atoms with Crippen molar-refractivity contribution in [1.29, 1.82) is 0 Å². The number of fused-ring (bicyclic) bond motifs is 5. The summed E-state index contributed by atoms with van der Waals surface area (Å²) < 4.78 is 34.9. The molecule has 0 aliphatic carbocycles. The van der Waals surface area contributed by atoms with E-state index in [-0.39, 0.29) is 74.2 Å². The van der Waals surface area contributed by atoms with E-state index in [0.717, 1.165) is 22.8 Å². The minimum Gasteiger partial charge on any atom is -0.508 e. The summed E-state index contributed by atoms with van der Waals surface area (Å²) in [6, 6.07) is 3.64. The zero-order valence-corrected chi connectivity index (χ0v) is 27.7. The third kappa shape index (κ3) is 4.86. The predicted molar refractivity (Wildman–Crippen MR) is 179 cm³/mol. The van der Waals surface area contributed by atoms with Crippen molar-refractivity contribution in [3.8, 4) is 22.6 Å². The molecule has 4 aromatic rings. The van der Waals surface area contributed by atoms with E-state index in [0.29, 0.717) is 11.3 Å². The van der Waals surface area contributed by atoms with Gasteiger partial charge in [-0.25, -0.2) is 8.78 Å². The molecule has 4 heterocycles. The highest BCUT2D eigenvalue weighted by Gasteiger charge is 2.46.